The number of allylic oxidation sites excluding steroid dienone is 1. The lowest BCUT2D eigenvalue weighted by molar-refractivity contribution is -0.128. The maximum absolute atomic E-state index is 10.6. The molecule has 2 aromatic rings. The number of carbonyl (C=O) groups is 1. The Morgan fingerprint density at radius 2 is 1.77 bits per heavy atom. The molecule has 0 unspecified atom stereocenters. The van der Waals surface area contributed by atoms with Gasteiger partial charge in [0.25, 0.3) is 0 Å². The predicted molar refractivity (Wildman–Crippen MR) is 111 cm³/mol. The van der Waals surface area contributed by atoms with Gasteiger partial charge in [-0.25, -0.2) is 9.80 Å². The van der Waals surface area contributed by atoms with E-state index in [-0.39, 0.29) is 0 Å². The average molecular weight is 414 g/mol. The van der Waals surface area contributed by atoms with Gasteiger partial charge in [0.1, 0.15) is 6.21 Å². The summed E-state index contributed by atoms with van der Waals surface area (Å²) in [5, 5.41) is 15.7. The van der Waals surface area contributed by atoms with Crippen LogP contribution in [-0.4, -0.2) is 17.3 Å². The molecule has 0 aliphatic rings. The highest BCUT2D eigenvalue weighted by Crippen LogP contribution is 2.29. The third-order valence-electron chi connectivity index (χ3n) is 3.08. The molecule has 0 aromatic heterocycles. The molecule has 0 saturated heterocycles. The summed E-state index contributed by atoms with van der Waals surface area (Å²) < 4.78 is 0. The first-order chi connectivity index (χ1) is 12.3. The molecule has 0 aliphatic heterocycles. The van der Waals surface area contributed by atoms with E-state index in [0.717, 1.165) is 23.2 Å². The van der Waals surface area contributed by atoms with E-state index < -0.39 is 5.97 Å². The molecule has 0 radical (unpaired) electrons. The topological polar surface area (TPSA) is 52.9 Å². The SMILES string of the molecule is CC/C(C)=C\N(/N=C/C(=O)O)c1ccc(Cl)cc1Cl.Clc1ccccc1. The van der Waals surface area contributed by atoms with Gasteiger partial charge >= 0.3 is 5.97 Å². The van der Waals surface area contributed by atoms with Crippen molar-refractivity contribution < 1.29 is 9.90 Å². The van der Waals surface area contributed by atoms with Crippen LogP contribution < -0.4 is 5.01 Å². The standard InChI is InChI=1S/C13H14Cl2N2O2.C6H5Cl/c1-3-9(2)8-17(16-7-13(18)19)12-5-4-10(14)6-11(12)15;7-6-4-2-1-3-5-6/h4-8H,3H2,1-2H3,(H,18,19);1-5H/b9-8-,16-7+;. The van der Waals surface area contributed by atoms with E-state index in [4.69, 9.17) is 39.9 Å². The van der Waals surface area contributed by atoms with Crippen LogP contribution in [0.25, 0.3) is 0 Å². The fourth-order valence-electron chi connectivity index (χ4n) is 1.66. The monoisotopic (exact) mass is 412 g/mol. The molecule has 0 bridgehead atoms. The summed E-state index contributed by atoms with van der Waals surface area (Å²) in [6.45, 7) is 3.92. The Bertz CT molecular complexity index is 778. The number of hydrogen-bond donors (Lipinski definition) is 1. The quantitative estimate of drug-likeness (QED) is 0.448. The van der Waals surface area contributed by atoms with Crippen LogP contribution >= 0.6 is 34.8 Å². The lowest BCUT2D eigenvalue weighted by atomic mass is 10.2. The molecule has 0 atom stereocenters. The number of benzene rings is 2. The average Bonchev–Trinajstić information content (AvgIpc) is 2.60. The van der Waals surface area contributed by atoms with Crippen LogP contribution in [0.2, 0.25) is 15.1 Å². The highest BCUT2D eigenvalue weighted by molar-refractivity contribution is 6.36. The fourth-order valence-corrected chi connectivity index (χ4v) is 2.30. The molecule has 0 heterocycles. The van der Waals surface area contributed by atoms with Crippen LogP contribution in [-0.2, 0) is 4.79 Å². The summed E-state index contributed by atoms with van der Waals surface area (Å²) >= 11 is 17.5. The zero-order chi connectivity index (χ0) is 19.5. The van der Waals surface area contributed by atoms with Crippen molar-refractivity contribution in [2.24, 2.45) is 5.10 Å². The molecule has 7 heteroatoms. The number of anilines is 1. The number of carboxylic acids is 1. The van der Waals surface area contributed by atoms with Gasteiger partial charge < -0.3 is 5.11 Å². The van der Waals surface area contributed by atoms with Crippen LogP contribution in [0.5, 0.6) is 0 Å². The predicted octanol–water partition coefficient (Wildman–Crippen LogP) is 6.52. The van der Waals surface area contributed by atoms with Crippen molar-refractivity contribution in [3.63, 3.8) is 0 Å². The van der Waals surface area contributed by atoms with Gasteiger partial charge in [-0.1, -0.05) is 65.5 Å². The van der Waals surface area contributed by atoms with E-state index in [1.54, 1.807) is 24.4 Å². The summed E-state index contributed by atoms with van der Waals surface area (Å²) in [5.41, 5.74) is 1.60. The molecule has 138 valence electrons. The second kappa shape index (κ2) is 11.6. The van der Waals surface area contributed by atoms with Crippen molar-refractivity contribution in [3.8, 4) is 0 Å². The largest absolute Gasteiger partial charge is 0.477 e. The fraction of sp³-hybridized carbons (Fsp3) is 0.158. The Labute approximate surface area is 168 Å². The van der Waals surface area contributed by atoms with Crippen molar-refractivity contribution >= 4 is 52.7 Å². The van der Waals surface area contributed by atoms with Gasteiger partial charge in [0, 0.05) is 16.2 Å². The van der Waals surface area contributed by atoms with Gasteiger partial charge in [0.15, 0.2) is 0 Å². The lowest BCUT2D eigenvalue weighted by Gasteiger charge is -2.17. The maximum atomic E-state index is 10.6. The minimum atomic E-state index is -1.13. The summed E-state index contributed by atoms with van der Waals surface area (Å²) in [6.07, 6.45) is 3.36. The van der Waals surface area contributed by atoms with Crippen molar-refractivity contribution in [1.29, 1.82) is 0 Å². The Balaban J connectivity index is 0.000000401. The maximum Gasteiger partial charge on any atom is 0.348 e. The molecule has 4 nitrogen and oxygen atoms in total. The van der Waals surface area contributed by atoms with Gasteiger partial charge in [-0.3, -0.25) is 0 Å². The Morgan fingerprint density at radius 1 is 1.12 bits per heavy atom. The van der Waals surface area contributed by atoms with Gasteiger partial charge in [-0.2, -0.15) is 5.10 Å². The van der Waals surface area contributed by atoms with E-state index in [1.807, 2.05) is 44.2 Å². The van der Waals surface area contributed by atoms with Crippen LogP contribution in [0.4, 0.5) is 5.69 Å². The van der Waals surface area contributed by atoms with Crippen molar-refractivity contribution in [2.75, 3.05) is 5.01 Å². The summed E-state index contributed by atoms with van der Waals surface area (Å²) in [5.74, 6) is -1.13. The minimum Gasteiger partial charge on any atom is -0.477 e. The zero-order valence-corrected chi connectivity index (χ0v) is 16.6. The van der Waals surface area contributed by atoms with Crippen molar-refractivity contribution in [1.82, 2.24) is 0 Å². The molecule has 2 aromatic carbocycles. The third kappa shape index (κ3) is 8.39. The second-order valence-corrected chi connectivity index (χ2v) is 6.43. The third-order valence-corrected chi connectivity index (χ3v) is 3.87. The summed E-state index contributed by atoms with van der Waals surface area (Å²) in [7, 11) is 0. The van der Waals surface area contributed by atoms with Gasteiger partial charge in [0.05, 0.1) is 10.7 Å². The van der Waals surface area contributed by atoms with Crippen LogP contribution in [0.15, 0.2) is 65.4 Å². The number of hydrazone groups is 1. The Morgan fingerprint density at radius 3 is 2.23 bits per heavy atom. The molecule has 0 amide bonds. The first-order valence-electron chi connectivity index (χ1n) is 7.72. The van der Waals surface area contributed by atoms with E-state index in [9.17, 15) is 4.79 Å². The lowest BCUT2D eigenvalue weighted by Crippen LogP contribution is -2.11. The number of nitrogens with zero attached hydrogens (tertiary/aromatic N) is 2. The normalized spacial score (nSPS) is 11.0. The first-order valence-corrected chi connectivity index (χ1v) is 8.86. The number of halogens is 3. The molecule has 0 fully saturated rings. The van der Waals surface area contributed by atoms with Gasteiger partial charge in [-0.15, -0.1) is 0 Å². The smallest absolute Gasteiger partial charge is 0.348 e. The van der Waals surface area contributed by atoms with Crippen LogP contribution in [0.1, 0.15) is 20.3 Å². The molecule has 0 aliphatic carbocycles. The second-order valence-electron chi connectivity index (χ2n) is 5.15. The van der Waals surface area contributed by atoms with Crippen LogP contribution in [0.3, 0.4) is 0 Å². The molecule has 2 rings (SSSR count). The summed E-state index contributed by atoms with van der Waals surface area (Å²) in [6, 6.07) is 14.4. The molecule has 0 spiro atoms. The molecule has 26 heavy (non-hydrogen) atoms. The number of carboxylic acid groups (broad SMARTS) is 1. The highest BCUT2D eigenvalue weighted by atomic mass is 35.5. The number of rotatable bonds is 5. The molecule has 1 N–H and O–H groups in total. The number of hydrogen-bond acceptors (Lipinski definition) is 3. The number of aliphatic carboxylic acids is 1. The molecular weight excluding hydrogens is 395 g/mol. The van der Waals surface area contributed by atoms with Gasteiger partial charge in [-0.05, 0) is 43.7 Å². The summed E-state index contributed by atoms with van der Waals surface area (Å²) in [4.78, 5) is 10.6. The molecular formula is C19H19Cl3N2O2. The van der Waals surface area contributed by atoms with E-state index in [1.165, 1.54) is 5.01 Å². The van der Waals surface area contributed by atoms with Crippen molar-refractivity contribution in [2.45, 2.75) is 20.3 Å². The zero-order valence-electron chi connectivity index (χ0n) is 14.4. The Hall–Kier alpha value is -2.01. The molecule has 0 saturated carbocycles. The first kappa shape index (κ1) is 22.0. The van der Waals surface area contributed by atoms with E-state index >= 15 is 0 Å². The highest BCUT2D eigenvalue weighted by Gasteiger charge is 2.08. The van der Waals surface area contributed by atoms with E-state index in [0.29, 0.717) is 15.7 Å². The van der Waals surface area contributed by atoms with Crippen LogP contribution in [0, 0.1) is 0 Å². The Kier molecular flexibility index (Phi) is 9.81. The van der Waals surface area contributed by atoms with Crippen molar-refractivity contribution in [3.05, 3.63) is 75.4 Å². The van der Waals surface area contributed by atoms with Gasteiger partial charge in [0.2, 0.25) is 0 Å². The minimum absolute atomic E-state index is 0.398. The van der Waals surface area contributed by atoms with E-state index in [2.05, 4.69) is 5.10 Å².